The molecule has 0 saturated carbocycles. The van der Waals surface area contributed by atoms with Gasteiger partial charge in [0.15, 0.2) is 17.5 Å². The molecule has 51 heavy (non-hydrogen) atoms. The number of fused-ring (bicyclic) bond motifs is 6. The van der Waals surface area contributed by atoms with E-state index in [1.165, 1.54) is 21.5 Å². The maximum atomic E-state index is 6.94. The van der Waals surface area contributed by atoms with Crippen LogP contribution in [0.25, 0.3) is 99.9 Å². The van der Waals surface area contributed by atoms with Crippen LogP contribution >= 0.6 is 0 Å². The van der Waals surface area contributed by atoms with Crippen LogP contribution in [0.1, 0.15) is 0 Å². The van der Waals surface area contributed by atoms with Crippen LogP contribution in [-0.2, 0) is 0 Å². The molecule has 4 heteroatoms. The Balaban J connectivity index is 1.17. The molecule has 0 aliphatic rings. The van der Waals surface area contributed by atoms with E-state index in [2.05, 4.69) is 133 Å². The van der Waals surface area contributed by atoms with E-state index in [1.54, 1.807) is 0 Å². The summed E-state index contributed by atoms with van der Waals surface area (Å²) < 4.78 is 6.94. The van der Waals surface area contributed by atoms with E-state index in [0.29, 0.717) is 17.5 Å². The maximum Gasteiger partial charge on any atom is 0.167 e. The predicted molar refractivity (Wildman–Crippen MR) is 209 cm³/mol. The normalized spacial score (nSPS) is 11.5. The van der Waals surface area contributed by atoms with Gasteiger partial charge in [0.1, 0.15) is 11.2 Å². The lowest BCUT2D eigenvalue weighted by Crippen LogP contribution is -2.00. The molecule has 0 aliphatic carbocycles. The zero-order valence-electron chi connectivity index (χ0n) is 27.5. The second-order valence-electron chi connectivity index (χ2n) is 12.8. The van der Waals surface area contributed by atoms with Gasteiger partial charge in [-0.2, -0.15) is 0 Å². The van der Waals surface area contributed by atoms with Gasteiger partial charge < -0.3 is 4.42 Å². The summed E-state index contributed by atoms with van der Waals surface area (Å²) >= 11 is 0. The van der Waals surface area contributed by atoms with Crippen molar-refractivity contribution in [3.63, 3.8) is 0 Å². The highest BCUT2D eigenvalue weighted by molar-refractivity contribution is 6.18. The van der Waals surface area contributed by atoms with Gasteiger partial charge in [-0.3, -0.25) is 0 Å². The molecule has 2 aromatic heterocycles. The zero-order valence-corrected chi connectivity index (χ0v) is 27.5. The largest absolute Gasteiger partial charge is 0.455 e. The van der Waals surface area contributed by atoms with Crippen LogP contribution in [0.4, 0.5) is 0 Å². The Labute approximate surface area is 294 Å². The second-order valence-corrected chi connectivity index (χ2v) is 12.8. The molecule has 0 atom stereocenters. The molecule has 0 N–H and O–H groups in total. The number of aromatic nitrogens is 3. The van der Waals surface area contributed by atoms with Crippen LogP contribution in [0.15, 0.2) is 180 Å². The van der Waals surface area contributed by atoms with Gasteiger partial charge >= 0.3 is 0 Å². The van der Waals surface area contributed by atoms with Gasteiger partial charge in [0, 0.05) is 27.5 Å². The van der Waals surface area contributed by atoms with Crippen LogP contribution in [0, 0.1) is 0 Å². The van der Waals surface area contributed by atoms with Gasteiger partial charge in [0.05, 0.1) is 5.56 Å². The fourth-order valence-electron chi connectivity index (χ4n) is 7.27. The summed E-state index contributed by atoms with van der Waals surface area (Å²) in [5.41, 5.74) is 8.75. The minimum absolute atomic E-state index is 0.563. The molecule has 0 aliphatic heterocycles. The molecule has 2 heterocycles. The lowest BCUT2D eigenvalue weighted by atomic mass is 9.92. The van der Waals surface area contributed by atoms with Crippen molar-refractivity contribution >= 4 is 43.5 Å². The lowest BCUT2D eigenvalue weighted by molar-refractivity contribution is 0.670. The van der Waals surface area contributed by atoms with Crippen LogP contribution < -0.4 is 0 Å². The van der Waals surface area contributed by atoms with E-state index in [1.807, 2.05) is 42.5 Å². The van der Waals surface area contributed by atoms with Gasteiger partial charge in [-0.05, 0) is 50.4 Å². The van der Waals surface area contributed by atoms with E-state index in [-0.39, 0.29) is 0 Å². The number of rotatable bonds is 5. The second kappa shape index (κ2) is 11.9. The standard InChI is InChI=1S/C47H29N3O/c1-3-13-30(14-4-1)31-25-27-33(28-26-31)46-48-45(32-15-5-2-6-16-32)49-47(50-46)41-24-12-22-39-38-21-11-23-40(43(38)51-44(39)41)42-29-34-17-7-8-18-35(34)36-19-9-10-20-37(36)42/h1-29H. The summed E-state index contributed by atoms with van der Waals surface area (Å²) in [4.78, 5) is 15.1. The van der Waals surface area contributed by atoms with Crippen LogP contribution in [0.5, 0.6) is 0 Å². The minimum Gasteiger partial charge on any atom is -0.455 e. The lowest BCUT2D eigenvalue weighted by Gasteiger charge is -2.11. The molecule has 0 fully saturated rings. The van der Waals surface area contributed by atoms with Crippen molar-refractivity contribution in [1.82, 2.24) is 15.0 Å². The highest BCUT2D eigenvalue weighted by atomic mass is 16.3. The van der Waals surface area contributed by atoms with Crippen LogP contribution in [0.3, 0.4) is 0 Å². The molecule has 238 valence electrons. The first kappa shape index (κ1) is 29.0. The Kier molecular flexibility index (Phi) is 6.78. The molecule has 0 saturated heterocycles. The first-order valence-corrected chi connectivity index (χ1v) is 17.1. The third-order valence-electron chi connectivity index (χ3n) is 9.74. The topological polar surface area (TPSA) is 51.8 Å². The Bertz CT molecular complexity index is 2900. The molecule has 0 bridgehead atoms. The van der Waals surface area contributed by atoms with Crippen molar-refractivity contribution < 1.29 is 4.42 Å². The van der Waals surface area contributed by atoms with E-state index < -0.39 is 0 Å². The first-order chi connectivity index (χ1) is 25.3. The number of para-hydroxylation sites is 2. The summed E-state index contributed by atoms with van der Waals surface area (Å²) in [6.45, 7) is 0. The van der Waals surface area contributed by atoms with E-state index in [4.69, 9.17) is 19.4 Å². The van der Waals surface area contributed by atoms with Crippen LogP contribution in [-0.4, -0.2) is 15.0 Å². The summed E-state index contributed by atoms with van der Waals surface area (Å²) in [7, 11) is 0. The molecule has 0 amide bonds. The van der Waals surface area contributed by atoms with Gasteiger partial charge in [-0.15, -0.1) is 0 Å². The van der Waals surface area contributed by atoms with Gasteiger partial charge in [0.25, 0.3) is 0 Å². The molecule has 4 nitrogen and oxygen atoms in total. The Morgan fingerprint density at radius 2 is 0.765 bits per heavy atom. The maximum absolute atomic E-state index is 6.94. The summed E-state index contributed by atoms with van der Waals surface area (Å²) in [6, 6.07) is 61.0. The van der Waals surface area contributed by atoms with Crippen molar-refractivity contribution in [2.45, 2.75) is 0 Å². The first-order valence-electron chi connectivity index (χ1n) is 17.1. The average Bonchev–Trinajstić information content (AvgIpc) is 3.60. The van der Waals surface area contributed by atoms with Crippen molar-refractivity contribution in [1.29, 1.82) is 0 Å². The molecule has 10 aromatic rings. The van der Waals surface area contributed by atoms with E-state index in [0.717, 1.165) is 60.9 Å². The SMILES string of the molecule is c1ccc(-c2ccc(-c3nc(-c4ccccc4)nc(-c4cccc5c4oc4c(-c6cc7ccccc7c7ccccc67)cccc45)n3)cc2)cc1. The molecule has 0 unspecified atom stereocenters. The van der Waals surface area contributed by atoms with Crippen molar-refractivity contribution in [2.24, 2.45) is 0 Å². The molecule has 8 aromatic carbocycles. The highest BCUT2D eigenvalue weighted by Gasteiger charge is 2.20. The smallest absolute Gasteiger partial charge is 0.167 e. The third-order valence-corrected chi connectivity index (χ3v) is 9.74. The van der Waals surface area contributed by atoms with Gasteiger partial charge in [-0.25, -0.2) is 15.0 Å². The van der Waals surface area contributed by atoms with Crippen molar-refractivity contribution in [3.8, 4) is 56.4 Å². The third kappa shape index (κ3) is 4.96. The van der Waals surface area contributed by atoms with Gasteiger partial charge in [-0.1, -0.05) is 164 Å². The average molecular weight is 652 g/mol. The van der Waals surface area contributed by atoms with E-state index in [9.17, 15) is 0 Å². The fraction of sp³-hybridized carbons (Fsp3) is 0. The number of hydrogen-bond donors (Lipinski definition) is 0. The van der Waals surface area contributed by atoms with Crippen LogP contribution in [0.2, 0.25) is 0 Å². The number of nitrogens with zero attached hydrogens (tertiary/aromatic N) is 3. The van der Waals surface area contributed by atoms with E-state index >= 15 is 0 Å². The highest BCUT2D eigenvalue weighted by Crippen LogP contribution is 2.43. The fourth-order valence-corrected chi connectivity index (χ4v) is 7.27. The Morgan fingerprint density at radius 3 is 1.47 bits per heavy atom. The van der Waals surface area contributed by atoms with Gasteiger partial charge in [0.2, 0.25) is 0 Å². The molecular formula is C47H29N3O. The molecule has 0 spiro atoms. The monoisotopic (exact) mass is 651 g/mol. The quantitative estimate of drug-likeness (QED) is 0.174. The van der Waals surface area contributed by atoms with Crippen molar-refractivity contribution in [2.75, 3.05) is 0 Å². The summed E-state index contributed by atoms with van der Waals surface area (Å²) in [6.07, 6.45) is 0. The number of hydrogen-bond acceptors (Lipinski definition) is 4. The molecular weight excluding hydrogens is 623 g/mol. The molecule has 0 radical (unpaired) electrons. The Morgan fingerprint density at radius 1 is 0.294 bits per heavy atom. The molecule has 10 rings (SSSR count). The summed E-state index contributed by atoms with van der Waals surface area (Å²) in [5.74, 6) is 1.78. The predicted octanol–water partition coefficient (Wildman–Crippen LogP) is 12.4. The summed E-state index contributed by atoms with van der Waals surface area (Å²) in [5, 5.41) is 6.92. The Hall–Kier alpha value is -6.91. The van der Waals surface area contributed by atoms with Crippen molar-refractivity contribution in [3.05, 3.63) is 176 Å². The minimum atomic E-state index is 0.563. The zero-order chi connectivity index (χ0) is 33.7. The number of benzene rings is 8. The number of furan rings is 1.